The van der Waals surface area contributed by atoms with E-state index in [1.807, 2.05) is 6.07 Å². The van der Waals surface area contributed by atoms with Crippen molar-refractivity contribution >= 4 is 11.6 Å². The smallest absolute Gasteiger partial charge is 0.224 e. The van der Waals surface area contributed by atoms with Gasteiger partial charge in [0, 0.05) is 37.9 Å². The fourth-order valence-corrected chi connectivity index (χ4v) is 2.81. The van der Waals surface area contributed by atoms with E-state index in [-0.39, 0.29) is 17.6 Å². The molecule has 1 aliphatic heterocycles. The summed E-state index contributed by atoms with van der Waals surface area (Å²) in [6.07, 6.45) is 1.85. The zero-order valence-electron chi connectivity index (χ0n) is 12.1. The van der Waals surface area contributed by atoms with Crippen molar-refractivity contribution in [3.05, 3.63) is 29.6 Å². The highest BCUT2D eigenvalue weighted by molar-refractivity contribution is 5.79. The van der Waals surface area contributed by atoms with E-state index in [4.69, 9.17) is 0 Å². The number of rotatable bonds is 4. The van der Waals surface area contributed by atoms with Crippen LogP contribution in [0.15, 0.2) is 18.2 Å². The molecule has 1 unspecified atom stereocenters. The Kier molecular flexibility index (Phi) is 4.95. The molecule has 1 aromatic carbocycles. The Bertz CT molecular complexity index is 478. The first-order chi connectivity index (χ1) is 9.67. The Hall–Kier alpha value is -1.62. The van der Waals surface area contributed by atoms with Crippen LogP contribution in [-0.4, -0.2) is 33.1 Å². The summed E-state index contributed by atoms with van der Waals surface area (Å²) < 4.78 is 14.0. The quantitative estimate of drug-likeness (QED) is 0.878. The van der Waals surface area contributed by atoms with Crippen LogP contribution < -0.4 is 15.5 Å². The van der Waals surface area contributed by atoms with Crippen molar-refractivity contribution in [1.29, 1.82) is 0 Å². The van der Waals surface area contributed by atoms with Gasteiger partial charge in [0.2, 0.25) is 5.91 Å². The van der Waals surface area contributed by atoms with E-state index >= 15 is 0 Å². The maximum absolute atomic E-state index is 14.0. The van der Waals surface area contributed by atoms with Crippen LogP contribution in [0.5, 0.6) is 0 Å². The number of carbonyl (C=O) groups excluding carboxylic acids is 1. The second-order valence-corrected chi connectivity index (χ2v) is 5.17. The van der Waals surface area contributed by atoms with Crippen molar-refractivity contribution < 1.29 is 9.18 Å². The average molecular weight is 279 g/mol. The predicted molar refractivity (Wildman–Crippen MR) is 78.2 cm³/mol. The van der Waals surface area contributed by atoms with Crippen LogP contribution in [0.25, 0.3) is 0 Å². The van der Waals surface area contributed by atoms with Crippen LogP contribution in [0, 0.1) is 11.7 Å². The first kappa shape index (κ1) is 14.8. The minimum absolute atomic E-state index is 0.0144. The maximum atomic E-state index is 14.0. The Morgan fingerprint density at radius 3 is 2.95 bits per heavy atom. The van der Waals surface area contributed by atoms with Crippen molar-refractivity contribution in [3.8, 4) is 0 Å². The first-order valence-electron chi connectivity index (χ1n) is 7.06. The third-order valence-electron chi connectivity index (χ3n) is 3.83. The molecule has 1 fully saturated rings. The minimum atomic E-state index is -0.195. The summed E-state index contributed by atoms with van der Waals surface area (Å²) in [6, 6.07) is 5.14. The summed E-state index contributed by atoms with van der Waals surface area (Å²) in [5.41, 5.74) is 1.57. The Morgan fingerprint density at radius 2 is 2.25 bits per heavy atom. The summed E-state index contributed by atoms with van der Waals surface area (Å²) in [4.78, 5) is 13.9. The monoisotopic (exact) mass is 279 g/mol. The molecule has 1 atom stereocenters. The molecule has 4 nitrogen and oxygen atoms in total. The van der Waals surface area contributed by atoms with Crippen molar-refractivity contribution in [2.45, 2.75) is 19.4 Å². The van der Waals surface area contributed by atoms with Crippen molar-refractivity contribution in [1.82, 2.24) is 10.6 Å². The van der Waals surface area contributed by atoms with Gasteiger partial charge >= 0.3 is 0 Å². The average Bonchev–Trinajstić information content (AvgIpc) is 2.49. The van der Waals surface area contributed by atoms with Crippen LogP contribution >= 0.6 is 0 Å². The fraction of sp³-hybridized carbons (Fsp3) is 0.533. The molecule has 0 spiro atoms. The third-order valence-corrected chi connectivity index (χ3v) is 3.83. The van der Waals surface area contributed by atoms with Gasteiger partial charge in [-0.25, -0.2) is 4.39 Å². The van der Waals surface area contributed by atoms with Gasteiger partial charge in [-0.2, -0.15) is 0 Å². The van der Waals surface area contributed by atoms with E-state index < -0.39 is 0 Å². The van der Waals surface area contributed by atoms with Crippen molar-refractivity contribution in [3.63, 3.8) is 0 Å². The lowest BCUT2D eigenvalue weighted by Crippen LogP contribution is -2.42. The fourth-order valence-electron chi connectivity index (χ4n) is 2.81. The SMILES string of the molecule is CNCc1c(F)cccc1N1CCCC(C(=O)NC)C1. The van der Waals surface area contributed by atoms with Crippen LogP contribution in [0.3, 0.4) is 0 Å². The molecule has 0 aliphatic carbocycles. The second-order valence-electron chi connectivity index (χ2n) is 5.17. The second kappa shape index (κ2) is 6.70. The Labute approximate surface area is 119 Å². The molecule has 5 heteroatoms. The Morgan fingerprint density at radius 1 is 1.45 bits per heavy atom. The molecule has 0 saturated carbocycles. The van der Waals surface area contributed by atoms with E-state index in [9.17, 15) is 9.18 Å². The van der Waals surface area contributed by atoms with E-state index in [2.05, 4.69) is 15.5 Å². The molecule has 0 bridgehead atoms. The number of carbonyl (C=O) groups is 1. The standard InChI is InChI=1S/C15H22FN3O/c1-17-9-12-13(16)6-3-7-14(12)19-8-4-5-11(10-19)15(20)18-2/h3,6-7,11,17H,4-5,8-10H2,1-2H3,(H,18,20). The van der Waals surface area contributed by atoms with Gasteiger partial charge in [-0.15, -0.1) is 0 Å². The largest absolute Gasteiger partial charge is 0.370 e. The molecule has 2 rings (SSSR count). The number of hydrogen-bond acceptors (Lipinski definition) is 3. The van der Waals surface area contributed by atoms with Gasteiger partial charge in [0.05, 0.1) is 5.92 Å². The highest BCUT2D eigenvalue weighted by atomic mass is 19.1. The number of benzene rings is 1. The number of hydrogen-bond donors (Lipinski definition) is 2. The van der Waals surface area contributed by atoms with Crippen LogP contribution in [-0.2, 0) is 11.3 Å². The summed E-state index contributed by atoms with van der Waals surface area (Å²) in [5.74, 6) is -0.139. The highest BCUT2D eigenvalue weighted by Crippen LogP contribution is 2.28. The van der Waals surface area contributed by atoms with E-state index in [1.165, 1.54) is 6.07 Å². The Balaban J connectivity index is 2.22. The number of nitrogens with zero attached hydrogens (tertiary/aromatic N) is 1. The molecule has 20 heavy (non-hydrogen) atoms. The van der Waals surface area contributed by atoms with Gasteiger partial charge in [0.15, 0.2) is 0 Å². The van der Waals surface area contributed by atoms with Gasteiger partial charge in [-0.05, 0) is 32.0 Å². The highest BCUT2D eigenvalue weighted by Gasteiger charge is 2.26. The molecule has 1 heterocycles. The molecule has 2 N–H and O–H groups in total. The van der Waals surface area contributed by atoms with Gasteiger partial charge in [0.1, 0.15) is 5.82 Å². The molecular formula is C15H22FN3O. The lowest BCUT2D eigenvalue weighted by Gasteiger charge is -2.34. The van der Waals surface area contributed by atoms with E-state index in [0.29, 0.717) is 18.7 Å². The third kappa shape index (κ3) is 3.10. The van der Waals surface area contributed by atoms with Crippen molar-refractivity contribution in [2.75, 3.05) is 32.1 Å². The molecule has 0 radical (unpaired) electrons. The lowest BCUT2D eigenvalue weighted by molar-refractivity contribution is -0.124. The molecule has 1 saturated heterocycles. The van der Waals surface area contributed by atoms with Crippen LogP contribution in [0.2, 0.25) is 0 Å². The molecule has 0 aromatic heterocycles. The van der Waals surface area contributed by atoms with Gasteiger partial charge in [-0.1, -0.05) is 6.07 Å². The minimum Gasteiger partial charge on any atom is -0.370 e. The zero-order chi connectivity index (χ0) is 14.5. The normalized spacial score (nSPS) is 18.9. The maximum Gasteiger partial charge on any atom is 0.224 e. The topological polar surface area (TPSA) is 44.4 Å². The van der Waals surface area contributed by atoms with Gasteiger partial charge < -0.3 is 15.5 Å². The molecule has 110 valence electrons. The van der Waals surface area contributed by atoms with E-state index in [0.717, 1.165) is 25.1 Å². The summed E-state index contributed by atoms with van der Waals surface area (Å²) in [7, 11) is 3.47. The van der Waals surface area contributed by atoms with Gasteiger partial charge in [-0.3, -0.25) is 4.79 Å². The van der Waals surface area contributed by atoms with Gasteiger partial charge in [0.25, 0.3) is 0 Å². The molecular weight excluding hydrogens is 257 g/mol. The van der Waals surface area contributed by atoms with Crippen LogP contribution in [0.1, 0.15) is 18.4 Å². The predicted octanol–water partition coefficient (Wildman–Crippen LogP) is 1.51. The molecule has 1 aromatic rings. The number of anilines is 1. The number of amides is 1. The summed E-state index contributed by atoms with van der Waals surface area (Å²) >= 11 is 0. The van der Waals surface area contributed by atoms with E-state index in [1.54, 1.807) is 20.2 Å². The summed E-state index contributed by atoms with van der Waals surface area (Å²) in [6.45, 7) is 2.01. The molecule has 1 aliphatic rings. The zero-order valence-corrected chi connectivity index (χ0v) is 12.1. The first-order valence-corrected chi connectivity index (χ1v) is 7.06. The van der Waals surface area contributed by atoms with Crippen molar-refractivity contribution in [2.24, 2.45) is 5.92 Å². The van der Waals surface area contributed by atoms with Crippen LogP contribution in [0.4, 0.5) is 10.1 Å². The lowest BCUT2D eigenvalue weighted by atomic mass is 9.96. The number of nitrogens with one attached hydrogen (secondary N) is 2. The number of piperidine rings is 1. The summed E-state index contributed by atoms with van der Waals surface area (Å²) in [5, 5.41) is 5.71. The molecule has 1 amide bonds. The number of halogens is 1.